The van der Waals surface area contributed by atoms with Gasteiger partial charge in [-0.25, -0.2) is 4.68 Å². The van der Waals surface area contributed by atoms with Gasteiger partial charge in [-0.05, 0) is 49.6 Å². The van der Waals surface area contributed by atoms with E-state index < -0.39 is 0 Å². The zero-order valence-electron chi connectivity index (χ0n) is 14.0. The lowest BCUT2D eigenvalue weighted by Gasteiger charge is -2.10. The lowest BCUT2D eigenvalue weighted by atomic mass is 10.0. The lowest BCUT2D eigenvalue weighted by molar-refractivity contribution is 0.780. The molecule has 0 amide bonds. The van der Waals surface area contributed by atoms with Crippen molar-refractivity contribution in [3.8, 4) is 23.0 Å². The number of nitrogens with one attached hydrogen (secondary N) is 1. The molecule has 0 aliphatic carbocycles. The topological polar surface area (TPSA) is 53.6 Å². The maximum atomic E-state index is 9.49. The summed E-state index contributed by atoms with van der Waals surface area (Å²) in [5.74, 6) is 0.936. The number of nitriles is 1. The number of anilines is 1. The quantitative estimate of drug-likeness (QED) is 0.639. The van der Waals surface area contributed by atoms with E-state index in [-0.39, 0.29) is 0 Å². The van der Waals surface area contributed by atoms with Gasteiger partial charge in [-0.15, -0.1) is 0 Å². The molecule has 0 atom stereocenters. The molecule has 2 heterocycles. The van der Waals surface area contributed by atoms with E-state index >= 15 is 0 Å². The van der Waals surface area contributed by atoms with Gasteiger partial charge < -0.3 is 5.32 Å². The molecule has 0 bridgehead atoms. The third-order valence-electron chi connectivity index (χ3n) is 4.57. The summed E-state index contributed by atoms with van der Waals surface area (Å²) in [6.45, 7) is 0.876. The van der Waals surface area contributed by atoms with Crippen LogP contribution in [0.4, 0.5) is 5.82 Å². The fourth-order valence-corrected chi connectivity index (χ4v) is 3.83. The number of aromatic nitrogens is 2. The number of hydrogen-bond acceptors (Lipinski definition) is 3. The van der Waals surface area contributed by atoms with Crippen molar-refractivity contribution in [1.29, 1.82) is 5.26 Å². The molecule has 6 heteroatoms. The number of para-hydroxylation sites is 1. The molecule has 0 fully saturated rings. The Labute approximate surface area is 162 Å². The van der Waals surface area contributed by atoms with Crippen molar-refractivity contribution < 1.29 is 0 Å². The minimum atomic E-state index is 0.572. The van der Waals surface area contributed by atoms with E-state index in [1.54, 1.807) is 12.1 Å². The van der Waals surface area contributed by atoms with Crippen LogP contribution in [0.3, 0.4) is 0 Å². The summed E-state index contributed by atoms with van der Waals surface area (Å²) in [7, 11) is 0. The van der Waals surface area contributed by atoms with Crippen LogP contribution >= 0.6 is 23.2 Å². The second-order valence-electron chi connectivity index (χ2n) is 6.22. The van der Waals surface area contributed by atoms with Crippen LogP contribution in [0.15, 0.2) is 42.5 Å². The van der Waals surface area contributed by atoms with E-state index in [2.05, 4.69) is 11.4 Å². The molecule has 1 N–H and O–H groups in total. The summed E-state index contributed by atoms with van der Waals surface area (Å²) < 4.78 is 1.83. The highest BCUT2D eigenvalue weighted by Gasteiger charge is 2.23. The van der Waals surface area contributed by atoms with Crippen molar-refractivity contribution >= 4 is 29.0 Å². The Morgan fingerprint density at radius 3 is 2.77 bits per heavy atom. The number of nitrogens with zero attached hydrogens (tertiary/aromatic N) is 3. The minimum absolute atomic E-state index is 0.572. The monoisotopic (exact) mass is 382 g/mol. The molecular formula is C20H16Cl2N4. The van der Waals surface area contributed by atoms with Gasteiger partial charge in [-0.1, -0.05) is 35.3 Å². The number of benzene rings is 2. The summed E-state index contributed by atoms with van der Waals surface area (Å²) >= 11 is 12.5. The van der Waals surface area contributed by atoms with Gasteiger partial charge in [0.25, 0.3) is 0 Å². The first-order chi connectivity index (χ1) is 12.7. The van der Waals surface area contributed by atoms with Crippen molar-refractivity contribution in [1.82, 2.24) is 9.78 Å². The molecular weight excluding hydrogens is 367 g/mol. The molecule has 1 aromatic heterocycles. The molecule has 4 nitrogen and oxygen atoms in total. The summed E-state index contributed by atoms with van der Waals surface area (Å²) in [5.41, 5.74) is 4.15. The van der Waals surface area contributed by atoms with Gasteiger partial charge in [0.15, 0.2) is 0 Å². The van der Waals surface area contributed by atoms with E-state index in [0.29, 0.717) is 15.6 Å². The fourth-order valence-electron chi connectivity index (χ4n) is 3.33. The molecule has 0 spiro atoms. The number of hydrogen-bond donors (Lipinski definition) is 1. The summed E-state index contributed by atoms with van der Waals surface area (Å²) in [5, 5.41) is 19.0. The van der Waals surface area contributed by atoms with Crippen molar-refractivity contribution in [3.05, 3.63) is 63.6 Å². The predicted octanol–water partition coefficient (Wildman–Crippen LogP) is 5.47. The van der Waals surface area contributed by atoms with E-state index in [0.717, 1.165) is 54.1 Å². The highest BCUT2D eigenvalue weighted by molar-refractivity contribution is 6.36. The summed E-state index contributed by atoms with van der Waals surface area (Å²) in [6, 6.07) is 15.2. The Morgan fingerprint density at radius 2 is 1.96 bits per heavy atom. The minimum Gasteiger partial charge on any atom is -0.370 e. The smallest absolute Gasteiger partial charge is 0.133 e. The fraction of sp³-hybridized carbons (Fsp3) is 0.200. The second kappa shape index (κ2) is 7.03. The molecule has 0 unspecified atom stereocenters. The molecule has 4 rings (SSSR count). The van der Waals surface area contributed by atoms with Crippen LogP contribution in [0.5, 0.6) is 0 Å². The van der Waals surface area contributed by atoms with Crippen LogP contribution in [-0.2, 0) is 6.42 Å². The number of rotatable bonds is 2. The Kier molecular flexibility index (Phi) is 4.58. The maximum Gasteiger partial charge on any atom is 0.133 e. The Bertz CT molecular complexity index is 1020. The normalized spacial score (nSPS) is 13.4. The average Bonchev–Trinajstić information content (AvgIpc) is 2.83. The van der Waals surface area contributed by atoms with Crippen LogP contribution < -0.4 is 5.32 Å². The van der Waals surface area contributed by atoms with Gasteiger partial charge in [-0.3, -0.25) is 0 Å². The second-order valence-corrected chi connectivity index (χ2v) is 7.07. The molecule has 130 valence electrons. The van der Waals surface area contributed by atoms with E-state index in [1.165, 1.54) is 0 Å². The largest absolute Gasteiger partial charge is 0.370 e. The van der Waals surface area contributed by atoms with Crippen molar-refractivity contribution in [3.63, 3.8) is 0 Å². The average molecular weight is 383 g/mol. The number of fused-ring (bicyclic) bond motifs is 1. The highest BCUT2D eigenvalue weighted by Crippen LogP contribution is 2.38. The zero-order valence-corrected chi connectivity index (χ0v) is 15.5. The summed E-state index contributed by atoms with van der Waals surface area (Å²) in [4.78, 5) is 0. The van der Waals surface area contributed by atoms with E-state index in [1.807, 2.05) is 35.0 Å². The van der Waals surface area contributed by atoms with Crippen LogP contribution in [0, 0.1) is 11.3 Å². The molecule has 3 aromatic rings. The third kappa shape index (κ3) is 2.94. The standard InChI is InChI=1S/C20H16Cl2N4/c21-14-8-9-15(17(22)11-14)19-16-6-3-4-10-24-20(16)26(25-19)18-7-2-1-5-13(18)12-23/h1-2,5,7-9,11,24H,3-4,6,10H2. The molecule has 1 aliphatic rings. The SMILES string of the molecule is N#Cc1ccccc1-n1nc(-c2ccc(Cl)cc2Cl)c2c1NCCCC2. The van der Waals surface area contributed by atoms with Crippen LogP contribution in [0.1, 0.15) is 24.0 Å². The van der Waals surface area contributed by atoms with Crippen LogP contribution in [-0.4, -0.2) is 16.3 Å². The molecule has 1 aliphatic heterocycles. The van der Waals surface area contributed by atoms with Gasteiger partial charge in [-0.2, -0.15) is 10.4 Å². The van der Waals surface area contributed by atoms with Gasteiger partial charge in [0, 0.05) is 22.7 Å². The maximum absolute atomic E-state index is 9.49. The first-order valence-corrected chi connectivity index (χ1v) is 9.25. The van der Waals surface area contributed by atoms with Crippen molar-refractivity contribution in [2.75, 3.05) is 11.9 Å². The predicted molar refractivity (Wildman–Crippen MR) is 105 cm³/mol. The van der Waals surface area contributed by atoms with Gasteiger partial charge in [0.05, 0.1) is 22.0 Å². The molecule has 26 heavy (non-hydrogen) atoms. The Hall–Kier alpha value is -2.48. The molecule has 0 saturated heterocycles. The van der Waals surface area contributed by atoms with Gasteiger partial charge in [0.1, 0.15) is 11.9 Å². The molecule has 0 saturated carbocycles. The first kappa shape index (κ1) is 17.0. The van der Waals surface area contributed by atoms with E-state index in [4.69, 9.17) is 28.3 Å². The Morgan fingerprint density at radius 1 is 1.12 bits per heavy atom. The highest BCUT2D eigenvalue weighted by atomic mass is 35.5. The van der Waals surface area contributed by atoms with Gasteiger partial charge in [0.2, 0.25) is 0 Å². The summed E-state index contributed by atoms with van der Waals surface area (Å²) in [6.07, 6.45) is 3.07. The lowest BCUT2D eigenvalue weighted by Crippen LogP contribution is -2.08. The van der Waals surface area contributed by atoms with E-state index in [9.17, 15) is 5.26 Å². The first-order valence-electron chi connectivity index (χ1n) is 8.49. The Balaban J connectivity index is 1.97. The van der Waals surface area contributed by atoms with Crippen LogP contribution in [0.25, 0.3) is 16.9 Å². The molecule has 0 radical (unpaired) electrons. The van der Waals surface area contributed by atoms with Gasteiger partial charge >= 0.3 is 0 Å². The van der Waals surface area contributed by atoms with Crippen molar-refractivity contribution in [2.24, 2.45) is 0 Å². The van der Waals surface area contributed by atoms with Crippen LogP contribution in [0.2, 0.25) is 10.0 Å². The number of halogens is 2. The zero-order chi connectivity index (χ0) is 18.1. The molecule has 2 aromatic carbocycles. The van der Waals surface area contributed by atoms with Crippen molar-refractivity contribution in [2.45, 2.75) is 19.3 Å². The third-order valence-corrected chi connectivity index (χ3v) is 5.12.